The van der Waals surface area contributed by atoms with Crippen LogP contribution in [0.3, 0.4) is 0 Å². The summed E-state index contributed by atoms with van der Waals surface area (Å²) in [4.78, 5) is 16.7. The molecule has 1 amide bonds. The quantitative estimate of drug-likeness (QED) is 0.541. The van der Waals surface area contributed by atoms with Crippen LogP contribution < -0.4 is 4.74 Å². The van der Waals surface area contributed by atoms with Crippen LogP contribution in [0.5, 0.6) is 5.75 Å². The van der Waals surface area contributed by atoms with Crippen LogP contribution in [0.15, 0.2) is 48.5 Å². The van der Waals surface area contributed by atoms with E-state index in [0.717, 1.165) is 54.3 Å². The third kappa shape index (κ3) is 4.81. The summed E-state index contributed by atoms with van der Waals surface area (Å²) < 4.78 is 8.35. The molecule has 2 heterocycles. The zero-order valence-corrected chi connectivity index (χ0v) is 20.4. The van der Waals surface area contributed by atoms with Crippen LogP contribution in [0.2, 0.25) is 5.02 Å². The van der Waals surface area contributed by atoms with Gasteiger partial charge in [0.1, 0.15) is 11.6 Å². The van der Waals surface area contributed by atoms with Crippen LogP contribution in [-0.2, 0) is 17.9 Å². The van der Waals surface area contributed by atoms with Gasteiger partial charge in [-0.1, -0.05) is 29.8 Å². The molecule has 0 unspecified atom stereocenters. The lowest BCUT2D eigenvalue weighted by Gasteiger charge is -2.29. The second-order valence-corrected chi connectivity index (χ2v) is 9.91. The number of benzene rings is 2. The Morgan fingerprint density at radius 1 is 1.06 bits per heavy atom. The van der Waals surface area contributed by atoms with Crippen molar-refractivity contribution in [2.24, 2.45) is 0 Å². The summed E-state index contributed by atoms with van der Waals surface area (Å²) in [6.45, 7) is 1.28. The molecule has 0 radical (unpaired) electrons. The molecule has 1 aliphatic carbocycles. The van der Waals surface area contributed by atoms with Crippen LogP contribution in [0.4, 0.5) is 0 Å². The Bertz CT molecular complexity index is 1160. The summed E-state index contributed by atoms with van der Waals surface area (Å²) in [5.74, 6) is 3.05. The molecule has 5 rings (SSSR count). The van der Waals surface area contributed by atoms with Gasteiger partial charge in [0, 0.05) is 17.5 Å². The number of amides is 1. The van der Waals surface area contributed by atoms with Gasteiger partial charge >= 0.3 is 0 Å². The number of nitrogens with zero attached hydrogens (tertiary/aromatic N) is 5. The topological polar surface area (TPSA) is 63.5 Å². The highest BCUT2D eigenvalue weighted by atomic mass is 35.5. The van der Waals surface area contributed by atoms with Crippen molar-refractivity contribution in [2.45, 2.75) is 50.8 Å². The first-order valence-corrected chi connectivity index (χ1v) is 12.2. The molecule has 1 aromatic heterocycles. The maximum absolute atomic E-state index is 12.9. The third-order valence-electron chi connectivity index (χ3n) is 6.62. The number of ether oxygens (including phenoxy) is 1. The summed E-state index contributed by atoms with van der Waals surface area (Å²) in [6, 6.07) is 15.9. The van der Waals surface area contributed by atoms with Gasteiger partial charge in [0.2, 0.25) is 5.91 Å². The van der Waals surface area contributed by atoms with E-state index in [2.05, 4.69) is 14.8 Å². The summed E-state index contributed by atoms with van der Waals surface area (Å²) >= 11 is 6.35. The molecule has 1 aliphatic heterocycles. The number of carbonyl (C=O) groups is 1. The van der Waals surface area contributed by atoms with E-state index in [1.165, 1.54) is 0 Å². The second-order valence-electron chi connectivity index (χ2n) is 9.47. The lowest BCUT2D eigenvalue weighted by molar-refractivity contribution is -0.133. The van der Waals surface area contributed by atoms with Crippen molar-refractivity contribution in [1.29, 1.82) is 0 Å². The van der Waals surface area contributed by atoms with Crippen LogP contribution >= 0.6 is 11.6 Å². The molecule has 34 heavy (non-hydrogen) atoms. The standard InChI is InChI=1S/C26H30ClN5O2/c1-30(2)17-25(33)31-15-19-14-20(27)10-13-23(19)32-24(16-31)28-29-26(32)18-8-11-22(12-9-18)34-21-6-4-3-5-7-21/h3-7,10,13-14,18,22H,8-9,11-12,15-17H2,1-2H3. The molecule has 178 valence electrons. The maximum atomic E-state index is 12.9. The minimum absolute atomic E-state index is 0.0625. The number of likely N-dealkylation sites (N-methyl/N-ethyl adjacent to an activating group) is 1. The molecule has 8 heteroatoms. The fraction of sp³-hybridized carbons (Fsp3) is 0.423. The number of hydrogen-bond acceptors (Lipinski definition) is 5. The fourth-order valence-electron chi connectivity index (χ4n) is 4.97. The van der Waals surface area contributed by atoms with E-state index >= 15 is 0 Å². The molecule has 7 nitrogen and oxygen atoms in total. The second kappa shape index (κ2) is 9.76. The highest BCUT2D eigenvalue weighted by Gasteiger charge is 2.32. The van der Waals surface area contributed by atoms with Crippen LogP contribution in [0.25, 0.3) is 5.69 Å². The van der Waals surface area contributed by atoms with Gasteiger partial charge < -0.3 is 14.5 Å². The largest absolute Gasteiger partial charge is 0.490 e. The normalized spacial score (nSPS) is 19.9. The summed E-state index contributed by atoms with van der Waals surface area (Å²) in [5, 5.41) is 9.85. The van der Waals surface area contributed by atoms with Gasteiger partial charge in [-0.15, -0.1) is 10.2 Å². The minimum atomic E-state index is 0.0625. The van der Waals surface area contributed by atoms with Gasteiger partial charge in [-0.3, -0.25) is 9.36 Å². The van der Waals surface area contributed by atoms with Crippen molar-refractivity contribution in [3.8, 4) is 11.4 Å². The molecule has 2 aliphatic rings. The zero-order chi connectivity index (χ0) is 23.7. The van der Waals surface area contributed by atoms with Gasteiger partial charge in [0.25, 0.3) is 0 Å². The predicted molar refractivity (Wildman–Crippen MR) is 131 cm³/mol. The van der Waals surface area contributed by atoms with E-state index in [1.807, 2.05) is 72.4 Å². The highest BCUT2D eigenvalue weighted by molar-refractivity contribution is 6.30. The average molecular weight is 480 g/mol. The third-order valence-corrected chi connectivity index (χ3v) is 6.86. The number of rotatable bonds is 5. The maximum Gasteiger partial charge on any atom is 0.237 e. The number of para-hydroxylation sites is 1. The molecule has 0 bridgehead atoms. The zero-order valence-electron chi connectivity index (χ0n) is 19.7. The van der Waals surface area contributed by atoms with Crippen molar-refractivity contribution < 1.29 is 9.53 Å². The van der Waals surface area contributed by atoms with Gasteiger partial charge in [-0.2, -0.15) is 0 Å². The minimum Gasteiger partial charge on any atom is -0.490 e. The van der Waals surface area contributed by atoms with Gasteiger partial charge in [0.05, 0.1) is 24.9 Å². The fourth-order valence-corrected chi connectivity index (χ4v) is 5.16. The Morgan fingerprint density at radius 2 is 1.82 bits per heavy atom. The first kappa shape index (κ1) is 22.9. The first-order chi connectivity index (χ1) is 16.5. The molecular weight excluding hydrogens is 450 g/mol. The lowest BCUT2D eigenvalue weighted by Crippen LogP contribution is -2.36. The van der Waals surface area contributed by atoms with Gasteiger partial charge in [0.15, 0.2) is 5.82 Å². The Kier molecular flexibility index (Phi) is 6.57. The Hall–Kier alpha value is -2.90. The van der Waals surface area contributed by atoms with Gasteiger partial charge in [-0.25, -0.2) is 0 Å². The smallest absolute Gasteiger partial charge is 0.237 e. The molecule has 3 aromatic rings. The summed E-state index contributed by atoms with van der Waals surface area (Å²) in [5.41, 5.74) is 2.03. The van der Waals surface area contributed by atoms with Crippen molar-refractivity contribution in [2.75, 3.05) is 20.6 Å². The SMILES string of the molecule is CN(C)CC(=O)N1Cc2cc(Cl)ccc2-n2c(nnc2C2CCC(Oc3ccccc3)CC2)C1. The average Bonchev–Trinajstić information content (AvgIpc) is 3.15. The van der Waals surface area contributed by atoms with Crippen molar-refractivity contribution in [3.63, 3.8) is 0 Å². The number of carbonyl (C=O) groups excluding carboxylic acids is 1. The Labute approximate surface area is 205 Å². The summed E-state index contributed by atoms with van der Waals surface area (Å²) in [7, 11) is 3.80. The molecule has 0 spiro atoms. The van der Waals surface area contributed by atoms with Crippen molar-refractivity contribution in [3.05, 3.63) is 70.8 Å². The number of fused-ring (bicyclic) bond motifs is 3. The number of hydrogen-bond donors (Lipinski definition) is 0. The predicted octanol–water partition coefficient (Wildman–Crippen LogP) is 4.43. The molecule has 1 saturated carbocycles. The first-order valence-electron chi connectivity index (χ1n) is 11.8. The van der Waals surface area contributed by atoms with Crippen LogP contribution in [-0.4, -0.2) is 57.2 Å². The molecule has 0 N–H and O–H groups in total. The van der Waals surface area contributed by atoms with Gasteiger partial charge in [-0.05, 0) is 75.7 Å². The molecular formula is C26H30ClN5O2. The van der Waals surface area contributed by atoms with E-state index in [4.69, 9.17) is 16.3 Å². The molecule has 1 fully saturated rings. The highest BCUT2D eigenvalue weighted by Crippen LogP contribution is 2.37. The Balaban J connectivity index is 1.40. The Morgan fingerprint density at radius 3 is 2.56 bits per heavy atom. The number of aromatic nitrogens is 3. The summed E-state index contributed by atoms with van der Waals surface area (Å²) in [6.07, 6.45) is 4.14. The van der Waals surface area contributed by atoms with E-state index in [1.54, 1.807) is 0 Å². The number of halogens is 1. The van der Waals surface area contributed by atoms with Crippen LogP contribution in [0.1, 0.15) is 48.8 Å². The molecule has 0 saturated heterocycles. The monoisotopic (exact) mass is 479 g/mol. The molecule has 2 aromatic carbocycles. The van der Waals surface area contributed by atoms with Crippen molar-refractivity contribution >= 4 is 17.5 Å². The lowest BCUT2D eigenvalue weighted by atomic mass is 9.86. The van der Waals surface area contributed by atoms with E-state index in [0.29, 0.717) is 30.6 Å². The molecule has 0 atom stereocenters. The van der Waals surface area contributed by atoms with Crippen molar-refractivity contribution in [1.82, 2.24) is 24.6 Å². The van der Waals surface area contributed by atoms with E-state index in [-0.39, 0.29) is 12.0 Å². The van der Waals surface area contributed by atoms with Crippen LogP contribution in [0, 0.1) is 0 Å². The van der Waals surface area contributed by atoms with E-state index < -0.39 is 0 Å². The van der Waals surface area contributed by atoms with E-state index in [9.17, 15) is 4.79 Å².